The molecule has 9 heteroatoms. The van der Waals surface area contributed by atoms with Crippen molar-refractivity contribution in [1.82, 2.24) is 29.5 Å². The van der Waals surface area contributed by atoms with Crippen LogP contribution in [0.25, 0.3) is 11.8 Å². The highest BCUT2D eigenvalue weighted by Crippen LogP contribution is 2.19. The molecule has 140 valence electrons. The van der Waals surface area contributed by atoms with Crippen LogP contribution in [0.4, 0.5) is 0 Å². The highest BCUT2D eigenvalue weighted by atomic mass is 16.5. The molecule has 0 aliphatic carbocycles. The molecule has 0 fully saturated rings. The zero-order chi connectivity index (χ0) is 19.7. The zero-order valence-corrected chi connectivity index (χ0v) is 15.8. The monoisotopic (exact) mass is 368 g/mol. The van der Waals surface area contributed by atoms with Crippen molar-refractivity contribution in [3.8, 4) is 11.8 Å². The van der Waals surface area contributed by atoms with Crippen LogP contribution in [0.2, 0.25) is 0 Å². The summed E-state index contributed by atoms with van der Waals surface area (Å²) in [6, 6.07) is 1.90. The average Bonchev–Trinajstić information content (AvgIpc) is 3.16. The van der Waals surface area contributed by atoms with Crippen LogP contribution in [0.5, 0.6) is 0 Å². The Balaban J connectivity index is 2.22. The Hall–Kier alpha value is -3.36. The molecule has 3 aromatic rings. The molecule has 0 saturated heterocycles. The molecule has 0 spiro atoms. The molecule has 0 N–H and O–H groups in total. The number of rotatable bonds is 5. The summed E-state index contributed by atoms with van der Waals surface area (Å²) in [4.78, 5) is 32.9. The summed E-state index contributed by atoms with van der Waals surface area (Å²) in [5, 5.41) is 8.61. The van der Waals surface area contributed by atoms with Crippen molar-refractivity contribution >= 4 is 11.8 Å². The van der Waals surface area contributed by atoms with E-state index in [2.05, 4.69) is 20.2 Å². The van der Waals surface area contributed by atoms with Crippen LogP contribution in [0.1, 0.15) is 51.6 Å². The van der Waals surface area contributed by atoms with E-state index in [4.69, 9.17) is 4.74 Å². The van der Waals surface area contributed by atoms with E-state index in [0.717, 1.165) is 11.4 Å². The van der Waals surface area contributed by atoms with Gasteiger partial charge in [-0.25, -0.2) is 19.1 Å². The Labute approximate surface area is 156 Å². The van der Waals surface area contributed by atoms with Gasteiger partial charge in [-0.15, -0.1) is 0 Å². The molecule has 3 aromatic heterocycles. The van der Waals surface area contributed by atoms with Crippen LogP contribution >= 0.6 is 0 Å². The lowest BCUT2D eigenvalue weighted by molar-refractivity contribution is 0.0525. The van der Waals surface area contributed by atoms with E-state index in [1.807, 2.05) is 19.9 Å². The first-order chi connectivity index (χ1) is 12.8. The standard InChI is InChI=1S/C18H20N6O3/c1-6-27-17(26)15-8-19-18(23-11(3)7-10(2)22-23)21-16(15)24-12(4)14(9-20-24)13(5)25/h7-9H,6H2,1-5H3. The minimum absolute atomic E-state index is 0.121. The third-order valence-electron chi connectivity index (χ3n) is 4.04. The van der Waals surface area contributed by atoms with Crippen molar-refractivity contribution < 1.29 is 14.3 Å². The molecule has 27 heavy (non-hydrogen) atoms. The summed E-state index contributed by atoms with van der Waals surface area (Å²) in [7, 11) is 0. The normalized spacial score (nSPS) is 10.9. The molecule has 0 unspecified atom stereocenters. The average molecular weight is 368 g/mol. The van der Waals surface area contributed by atoms with Crippen molar-refractivity contribution in [2.45, 2.75) is 34.6 Å². The number of esters is 1. The van der Waals surface area contributed by atoms with Gasteiger partial charge < -0.3 is 4.74 Å². The van der Waals surface area contributed by atoms with Gasteiger partial charge in [-0.3, -0.25) is 4.79 Å². The minimum atomic E-state index is -0.563. The van der Waals surface area contributed by atoms with Crippen molar-refractivity contribution in [3.05, 3.63) is 46.7 Å². The van der Waals surface area contributed by atoms with E-state index in [1.54, 1.807) is 18.5 Å². The van der Waals surface area contributed by atoms with E-state index in [1.165, 1.54) is 24.0 Å². The largest absolute Gasteiger partial charge is 0.462 e. The Kier molecular flexibility index (Phi) is 4.85. The molecule has 0 aliphatic rings. The highest BCUT2D eigenvalue weighted by molar-refractivity contribution is 5.95. The topological polar surface area (TPSA) is 105 Å². The first kappa shape index (κ1) is 18.4. The Morgan fingerprint density at radius 2 is 1.85 bits per heavy atom. The van der Waals surface area contributed by atoms with E-state index in [-0.39, 0.29) is 23.8 Å². The number of ether oxygens (including phenoxy) is 1. The highest BCUT2D eigenvalue weighted by Gasteiger charge is 2.22. The molecule has 0 bridgehead atoms. The van der Waals surface area contributed by atoms with Gasteiger partial charge in [0.1, 0.15) is 5.56 Å². The number of hydrogen-bond donors (Lipinski definition) is 0. The second-order valence-corrected chi connectivity index (χ2v) is 6.08. The molecule has 3 heterocycles. The van der Waals surface area contributed by atoms with Gasteiger partial charge in [-0.2, -0.15) is 15.2 Å². The number of carbonyl (C=O) groups excluding carboxylic acids is 2. The number of hydrogen-bond acceptors (Lipinski definition) is 7. The molecular formula is C18H20N6O3. The first-order valence-electron chi connectivity index (χ1n) is 8.47. The lowest BCUT2D eigenvalue weighted by Gasteiger charge is -2.11. The SMILES string of the molecule is CCOC(=O)c1cnc(-n2nc(C)cc2C)nc1-n1ncc(C(C)=O)c1C. The number of aromatic nitrogens is 6. The lowest BCUT2D eigenvalue weighted by atomic mass is 10.2. The molecule has 0 aliphatic heterocycles. The summed E-state index contributed by atoms with van der Waals surface area (Å²) in [6.07, 6.45) is 2.85. The van der Waals surface area contributed by atoms with Gasteiger partial charge in [-0.1, -0.05) is 0 Å². The molecule has 9 nitrogen and oxygen atoms in total. The summed E-state index contributed by atoms with van der Waals surface area (Å²) >= 11 is 0. The molecule has 0 amide bonds. The lowest BCUT2D eigenvalue weighted by Crippen LogP contribution is -2.17. The summed E-state index contributed by atoms with van der Waals surface area (Å²) < 4.78 is 8.13. The number of carbonyl (C=O) groups is 2. The van der Waals surface area contributed by atoms with Gasteiger partial charge in [0, 0.05) is 11.9 Å². The fourth-order valence-corrected chi connectivity index (χ4v) is 2.78. The van der Waals surface area contributed by atoms with Crippen LogP contribution in [0.15, 0.2) is 18.5 Å². The van der Waals surface area contributed by atoms with Crippen LogP contribution in [0, 0.1) is 20.8 Å². The molecular weight excluding hydrogens is 348 g/mol. The predicted molar refractivity (Wildman–Crippen MR) is 96.4 cm³/mol. The van der Waals surface area contributed by atoms with Crippen LogP contribution in [-0.2, 0) is 4.74 Å². The van der Waals surface area contributed by atoms with Crippen LogP contribution in [0.3, 0.4) is 0 Å². The quantitative estimate of drug-likeness (QED) is 0.502. The van der Waals surface area contributed by atoms with E-state index < -0.39 is 5.97 Å². The molecule has 0 saturated carbocycles. The zero-order valence-electron chi connectivity index (χ0n) is 15.8. The third kappa shape index (κ3) is 3.35. The Morgan fingerprint density at radius 1 is 1.11 bits per heavy atom. The van der Waals surface area contributed by atoms with Crippen molar-refractivity contribution in [3.63, 3.8) is 0 Å². The van der Waals surface area contributed by atoms with E-state index in [9.17, 15) is 9.59 Å². The van der Waals surface area contributed by atoms with Gasteiger partial charge in [0.05, 0.1) is 29.8 Å². The number of aryl methyl sites for hydroxylation is 2. The van der Waals surface area contributed by atoms with Crippen molar-refractivity contribution in [2.24, 2.45) is 0 Å². The second kappa shape index (κ2) is 7.10. The summed E-state index contributed by atoms with van der Waals surface area (Å²) in [6.45, 7) is 8.89. The number of nitrogens with zero attached hydrogens (tertiary/aromatic N) is 6. The molecule has 0 radical (unpaired) electrons. The van der Waals surface area contributed by atoms with Crippen molar-refractivity contribution in [1.29, 1.82) is 0 Å². The fourth-order valence-electron chi connectivity index (χ4n) is 2.78. The maximum Gasteiger partial charge on any atom is 0.343 e. The molecule has 3 rings (SSSR count). The van der Waals surface area contributed by atoms with E-state index in [0.29, 0.717) is 17.2 Å². The summed E-state index contributed by atoms with van der Waals surface area (Å²) in [5.74, 6) is -0.158. The van der Waals surface area contributed by atoms with Gasteiger partial charge in [0.15, 0.2) is 11.6 Å². The van der Waals surface area contributed by atoms with E-state index >= 15 is 0 Å². The predicted octanol–water partition coefficient (Wildman–Crippen LogP) is 2.15. The second-order valence-electron chi connectivity index (χ2n) is 6.08. The third-order valence-corrected chi connectivity index (χ3v) is 4.04. The summed E-state index contributed by atoms with van der Waals surface area (Å²) in [5.41, 5.74) is 2.86. The maximum atomic E-state index is 12.4. The fraction of sp³-hybridized carbons (Fsp3) is 0.333. The smallest absolute Gasteiger partial charge is 0.343 e. The van der Waals surface area contributed by atoms with Gasteiger partial charge in [0.2, 0.25) is 0 Å². The maximum absolute atomic E-state index is 12.4. The van der Waals surface area contributed by atoms with Gasteiger partial charge in [0.25, 0.3) is 5.95 Å². The number of Topliss-reactive ketones (excluding diaryl/α,β-unsaturated/α-hetero) is 1. The minimum Gasteiger partial charge on any atom is -0.462 e. The molecule has 0 aromatic carbocycles. The Morgan fingerprint density at radius 3 is 2.41 bits per heavy atom. The van der Waals surface area contributed by atoms with Gasteiger partial charge in [-0.05, 0) is 40.7 Å². The van der Waals surface area contributed by atoms with Crippen LogP contribution in [-0.4, -0.2) is 47.9 Å². The Bertz CT molecular complexity index is 1030. The molecule has 0 atom stereocenters. The van der Waals surface area contributed by atoms with Crippen molar-refractivity contribution in [2.75, 3.05) is 6.61 Å². The van der Waals surface area contributed by atoms with Crippen LogP contribution < -0.4 is 0 Å². The first-order valence-corrected chi connectivity index (χ1v) is 8.47. The number of ketones is 1. The van der Waals surface area contributed by atoms with Gasteiger partial charge >= 0.3 is 5.97 Å².